The molecule has 0 aromatic rings. The fraction of sp³-hybridized carbons (Fsp3) is 0.727. The van der Waals surface area contributed by atoms with Crippen LogP contribution in [0.3, 0.4) is 0 Å². The molecule has 12 heteroatoms. The number of nitrogens with zero attached hydrogens (tertiary/aromatic N) is 1. The molecule has 0 saturated carbocycles. The molecule has 3 N–H and O–H groups in total. The third-order valence-corrected chi connectivity index (χ3v) is 4.74. The molecule has 0 aliphatic carbocycles. The highest BCUT2D eigenvalue weighted by atomic mass is 35.9. The molecule has 1 saturated heterocycles. The third-order valence-electron chi connectivity index (χ3n) is 3.39. The average molecular weight is 407 g/mol. The van der Waals surface area contributed by atoms with Gasteiger partial charge >= 0.3 is 6.03 Å². The van der Waals surface area contributed by atoms with Gasteiger partial charge in [0, 0.05) is 18.8 Å². The van der Waals surface area contributed by atoms with E-state index in [1.165, 1.54) is 11.1 Å². The normalized spacial score (nSPS) is 33.0. The number of urea groups is 1. The quantitative estimate of drug-likeness (QED) is 0.591. The van der Waals surface area contributed by atoms with Gasteiger partial charge in [0.25, 0.3) is 0 Å². The highest BCUT2D eigenvalue weighted by molar-refractivity contribution is 8.36. The van der Waals surface area contributed by atoms with E-state index in [0.717, 1.165) is 0 Å². The Morgan fingerprint density at radius 1 is 1.52 bits per heavy atom. The van der Waals surface area contributed by atoms with Crippen LogP contribution in [0.5, 0.6) is 0 Å². The minimum absolute atomic E-state index is 0.0276. The number of ether oxygens (including phenoxy) is 2. The maximum absolute atomic E-state index is 11.6. The highest BCUT2D eigenvalue weighted by Gasteiger charge is 2.45. The van der Waals surface area contributed by atoms with E-state index in [9.17, 15) is 15.0 Å². The second-order valence-electron chi connectivity index (χ2n) is 5.08. The molecule has 4 atom stereocenters. The molecule has 132 valence electrons. The van der Waals surface area contributed by atoms with E-state index >= 15 is 0 Å². The van der Waals surface area contributed by atoms with Gasteiger partial charge < -0.3 is 34.4 Å². The Kier molecular flexibility index (Phi) is 6.69. The zero-order valence-electron chi connectivity index (χ0n) is 12.1. The molecule has 0 bridgehead atoms. The Hall–Kier alpha value is 0.0400. The number of rotatable bonds is 4. The lowest BCUT2D eigenvalue weighted by atomic mass is 10.0. The molecule has 8 nitrogen and oxygen atoms in total. The van der Waals surface area contributed by atoms with Crippen molar-refractivity contribution in [3.05, 3.63) is 11.8 Å². The van der Waals surface area contributed by atoms with Gasteiger partial charge in [-0.25, -0.2) is 4.79 Å². The molecule has 0 aromatic carbocycles. The lowest BCUT2D eigenvalue weighted by Gasteiger charge is -2.24. The summed E-state index contributed by atoms with van der Waals surface area (Å²) in [5.74, 6) is 0. The van der Waals surface area contributed by atoms with Crippen molar-refractivity contribution in [1.82, 2.24) is 10.2 Å². The summed E-state index contributed by atoms with van der Waals surface area (Å²) in [5.41, 5.74) is 0.507. The summed E-state index contributed by atoms with van der Waals surface area (Å²) in [6, 6.07) is -0.361. The Balaban J connectivity index is 2.09. The fourth-order valence-corrected chi connectivity index (χ4v) is 3.10. The molecule has 0 aromatic heterocycles. The van der Waals surface area contributed by atoms with Crippen molar-refractivity contribution in [2.24, 2.45) is 0 Å². The van der Waals surface area contributed by atoms with Gasteiger partial charge in [-0.2, -0.15) is 0 Å². The van der Waals surface area contributed by atoms with Gasteiger partial charge in [-0.1, -0.05) is 0 Å². The lowest BCUT2D eigenvalue weighted by molar-refractivity contribution is -0.00834. The van der Waals surface area contributed by atoms with Crippen molar-refractivity contribution in [2.45, 2.75) is 24.4 Å². The minimum Gasteiger partial charge on any atom is -0.387 e. The van der Waals surface area contributed by atoms with E-state index in [-0.39, 0.29) is 26.0 Å². The number of halogens is 2. The third kappa shape index (κ3) is 5.26. The van der Waals surface area contributed by atoms with Crippen LogP contribution in [0.1, 0.15) is 0 Å². The molecule has 2 heterocycles. The van der Waals surface area contributed by atoms with Gasteiger partial charge in [-0.15, -0.1) is 0 Å². The molecule has 2 aliphatic rings. The van der Waals surface area contributed by atoms with Gasteiger partial charge in [0.1, 0.15) is 31.1 Å². The smallest absolute Gasteiger partial charge is 0.322 e. The molecule has 1 fully saturated rings. The van der Waals surface area contributed by atoms with Crippen molar-refractivity contribution in [2.75, 3.05) is 27.0 Å². The topological polar surface area (TPSA) is 100 Å². The average Bonchev–Trinajstić information content (AvgIpc) is 2.73. The first-order valence-electron chi connectivity index (χ1n) is 6.63. The Labute approximate surface area is 147 Å². The molecule has 0 spiro atoms. The summed E-state index contributed by atoms with van der Waals surface area (Å²) in [7, 11) is 1.55. The van der Waals surface area contributed by atoms with Crippen molar-refractivity contribution in [3.63, 3.8) is 0 Å². The molecular formula is C11H17Cl2N2O6PS. The summed E-state index contributed by atoms with van der Waals surface area (Å²) in [6.45, 7) is -0.00103. The summed E-state index contributed by atoms with van der Waals surface area (Å²) in [5, 5.41) is 22.8. The second-order valence-corrected chi connectivity index (χ2v) is 12.3. The molecular weight excluding hydrogens is 390 g/mol. The molecule has 4 unspecified atom stereocenters. The van der Waals surface area contributed by atoms with E-state index in [1.807, 2.05) is 0 Å². The number of amides is 2. The first kappa shape index (κ1) is 19.4. The Bertz CT molecular complexity index is 533. The predicted octanol–water partition coefficient (Wildman–Crippen LogP) is 0.707. The molecule has 2 aliphatic heterocycles. The lowest BCUT2D eigenvalue weighted by Crippen LogP contribution is -2.40. The van der Waals surface area contributed by atoms with Gasteiger partial charge in [-0.05, 0) is 34.3 Å². The predicted molar refractivity (Wildman–Crippen MR) is 87.8 cm³/mol. The molecule has 0 radical (unpaired) electrons. The first-order chi connectivity index (χ1) is 10.7. The summed E-state index contributed by atoms with van der Waals surface area (Å²) in [6.07, 6.45) is -2.62. The number of carbonyl (C=O) groups excluding carboxylic acids is 1. The largest absolute Gasteiger partial charge is 0.387 e. The van der Waals surface area contributed by atoms with Gasteiger partial charge in [0.05, 0.1) is 13.2 Å². The van der Waals surface area contributed by atoms with E-state index in [0.29, 0.717) is 5.57 Å². The van der Waals surface area contributed by atoms with Gasteiger partial charge in [-0.3, -0.25) is 0 Å². The Morgan fingerprint density at radius 3 is 2.87 bits per heavy atom. The number of carbonyl (C=O) groups is 1. The number of hydrogen-bond acceptors (Lipinski definition) is 7. The maximum atomic E-state index is 11.6. The second kappa shape index (κ2) is 7.95. The minimum atomic E-state index is -2.94. The highest BCUT2D eigenvalue weighted by Crippen LogP contribution is 2.58. The van der Waals surface area contributed by atoms with Crippen molar-refractivity contribution in [1.29, 1.82) is 0 Å². The van der Waals surface area contributed by atoms with Crippen molar-refractivity contribution in [3.8, 4) is 0 Å². The fourth-order valence-electron chi connectivity index (χ4n) is 2.26. The van der Waals surface area contributed by atoms with E-state index in [4.69, 9.17) is 48.3 Å². The van der Waals surface area contributed by atoms with Crippen molar-refractivity contribution >= 4 is 45.3 Å². The zero-order chi connectivity index (χ0) is 17.2. The van der Waals surface area contributed by atoms with Crippen LogP contribution in [-0.2, 0) is 25.8 Å². The molecule has 23 heavy (non-hydrogen) atoms. The van der Waals surface area contributed by atoms with Gasteiger partial charge in [0.15, 0.2) is 0 Å². The van der Waals surface area contributed by atoms with E-state index in [1.54, 1.807) is 7.05 Å². The van der Waals surface area contributed by atoms with Crippen LogP contribution in [0.25, 0.3) is 0 Å². The SMILES string of the molecule is CN1C=C(C2OC(COP(=S)(Cl)Cl)C(O)C2O)COCNC1=O. The van der Waals surface area contributed by atoms with Gasteiger partial charge in [0.2, 0.25) is 4.97 Å². The van der Waals surface area contributed by atoms with Crippen LogP contribution >= 0.6 is 27.5 Å². The summed E-state index contributed by atoms with van der Waals surface area (Å²) in [4.78, 5) is 10.00. The number of aliphatic hydroxyl groups excluding tert-OH is 2. The van der Waals surface area contributed by atoms with Crippen molar-refractivity contribution < 1.29 is 29.0 Å². The van der Waals surface area contributed by atoms with Crippen LogP contribution in [0.15, 0.2) is 11.8 Å². The van der Waals surface area contributed by atoms with Crippen LogP contribution in [0.4, 0.5) is 4.79 Å². The zero-order valence-corrected chi connectivity index (χ0v) is 15.3. The van der Waals surface area contributed by atoms with E-state index in [2.05, 4.69) is 5.32 Å². The first-order valence-corrected chi connectivity index (χ1v) is 11.2. The monoisotopic (exact) mass is 406 g/mol. The van der Waals surface area contributed by atoms with Crippen LogP contribution in [0.2, 0.25) is 0 Å². The number of hydrogen-bond donors (Lipinski definition) is 3. The van der Waals surface area contributed by atoms with E-state index < -0.39 is 29.4 Å². The summed E-state index contributed by atoms with van der Waals surface area (Å²) >= 11 is 16.0. The maximum Gasteiger partial charge on any atom is 0.322 e. The van der Waals surface area contributed by atoms with Crippen LogP contribution in [0, 0.1) is 0 Å². The Morgan fingerprint density at radius 2 is 2.22 bits per heavy atom. The molecule has 2 amide bonds. The standard InChI is InChI=1S/C11H17Cl2N2O6PS/c1-15-2-6(3-19-5-14-11(15)18)10-9(17)8(16)7(21-10)4-20-22(12,13)23/h2,7-10,16-17H,3-5H2,1H3,(H,14,18). The van der Waals surface area contributed by atoms with Crippen LogP contribution < -0.4 is 5.32 Å². The number of nitrogens with one attached hydrogen (secondary N) is 1. The summed E-state index contributed by atoms with van der Waals surface area (Å²) < 4.78 is 16.0. The number of aliphatic hydroxyl groups is 2. The molecule has 2 rings (SSSR count). The van der Waals surface area contributed by atoms with Crippen LogP contribution in [-0.4, -0.2) is 72.6 Å².